The predicted octanol–water partition coefficient (Wildman–Crippen LogP) is 4.64. The van der Waals surface area contributed by atoms with E-state index in [1.807, 2.05) is 12.1 Å². The van der Waals surface area contributed by atoms with Crippen LogP contribution in [0.3, 0.4) is 0 Å². The summed E-state index contributed by atoms with van der Waals surface area (Å²) in [7, 11) is 6.21. The first-order chi connectivity index (χ1) is 20.2. The third-order valence-corrected chi connectivity index (χ3v) is 7.71. The number of carbonyl (C=O) groups excluding carboxylic acids is 2. The third kappa shape index (κ3) is 10.8. The normalized spacial score (nSPS) is 10.6. The fraction of sp³-hybridized carbons (Fsp3) is 0.379. The minimum atomic E-state index is -0.357. The monoisotopic (exact) mass is 613 g/mol. The SMILES string of the molecule is COc1cc(CC(=O)Cc2nnc(CCCCC(=N)SC(=N)NC(=O)Cc3cc(OC)cc(OC)c3)s2)cc(OC)c1. The van der Waals surface area contributed by atoms with Crippen molar-refractivity contribution in [2.45, 2.75) is 44.9 Å². The highest BCUT2D eigenvalue weighted by atomic mass is 32.2. The first kappa shape index (κ1) is 32.5. The molecule has 42 heavy (non-hydrogen) atoms. The molecule has 224 valence electrons. The summed E-state index contributed by atoms with van der Waals surface area (Å²) in [6, 6.07) is 10.6. The molecule has 1 heterocycles. The number of aryl methyl sites for hydroxylation is 1. The number of carbonyl (C=O) groups is 2. The Bertz CT molecular complexity index is 1370. The summed E-state index contributed by atoms with van der Waals surface area (Å²) in [5, 5.41) is 28.8. The lowest BCUT2D eigenvalue weighted by Gasteiger charge is -2.10. The number of ketones is 1. The molecule has 13 heteroatoms. The van der Waals surface area contributed by atoms with Crippen LogP contribution in [0.2, 0.25) is 0 Å². The largest absolute Gasteiger partial charge is 0.497 e. The van der Waals surface area contributed by atoms with Gasteiger partial charge in [0.25, 0.3) is 0 Å². The number of methoxy groups -OCH3 is 4. The molecule has 2 aromatic carbocycles. The van der Waals surface area contributed by atoms with E-state index in [0.717, 1.165) is 35.2 Å². The second-order valence-electron chi connectivity index (χ2n) is 9.21. The summed E-state index contributed by atoms with van der Waals surface area (Å²) < 4.78 is 21.0. The molecule has 1 amide bonds. The summed E-state index contributed by atoms with van der Waals surface area (Å²) in [4.78, 5) is 25.0. The maximum absolute atomic E-state index is 12.6. The number of ether oxygens (including phenoxy) is 4. The Kier molecular flexibility index (Phi) is 12.8. The number of hydrogen-bond donors (Lipinski definition) is 3. The van der Waals surface area contributed by atoms with Crippen molar-refractivity contribution in [1.82, 2.24) is 15.5 Å². The standard InChI is InChI=1S/C29H35N5O6S2/c1-37-21-10-18(11-22(16-21)38-2)9-20(35)15-28-34-33-27(42-28)8-6-5-7-25(30)41-29(31)32-26(36)14-19-12-23(39-3)17-24(13-19)40-4/h10-13,16-17,30H,5-9,14-15H2,1-4H3,(H2,31,32,36). The van der Waals surface area contributed by atoms with Crippen molar-refractivity contribution in [1.29, 1.82) is 10.8 Å². The minimum absolute atomic E-state index is 0.0243. The maximum Gasteiger partial charge on any atom is 0.230 e. The molecular formula is C29H35N5O6S2. The van der Waals surface area contributed by atoms with Crippen LogP contribution in [0.15, 0.2) is 36.4 Å². The number of nitrogens with zero attached hydrogens (tertiary/aromatic N) is 2. The van der Waals surface area contributed by atoms with Gasteiger partial charge in [0.05, 0.1) is 46.3 Å². The highest BCUT2D eigenvalue weighted by Gasteiger charge is 2.14. The molecule has 0 aliphatic rings. The second kappa shape index (κ2) is 16.5. The molecule has 0 saturated heterocycles. The van der Waals surface area contributed by atoms with Gasteiger partial charge in [-0.05, 0) is 66.4 Å². The summed E-state index contributed by atoms with van der Waals surface area (Å²) >= 11 is 2.34. The van der Waals surface area contributed by atoms with E-state index in [-0.39, 0.29) is 36.1 Å². The lowest BCUT2D eigenvalue weighted by atomic mass is 10.1. The first-order valence-corrected chi connectivity index (χ1v) is 14.7. The van der Waals surface area contributed by atoms with Crippen LogP contribution in [0.25, 0.3) is 0 Å². The first-order valence-electron chi connectivity index (χ1n) is 13.1. The lowest BCUT2D eigenvalue weighted by Crippen LogP contribution is -2.29. The molecule has 11 nitrogen and oxygen atoms in total. The van der Waals surface area contributed by atoms with Crippen molar-refractivity contribution in [3.63, 3.8) is 0 Å². The van der Waals surface area contributed by atoms with E-state index < -0.39 is 0 Å². The topological polar surface area (TPSA) is 157 Å². The molecule has 0 aliphatic heterocycles. The van der Waals surface area contributed by atoms with Crippen LogP contribution in [-0.4, -0.2) is 60.5 Å². The van der Waals surface area contributed by atoms with Crippen molar-refractivity contribution < 1.29 is 28.5 Å². The zero-order chi connectivity index (χ0) is 30.5. The van der Waals surface area contributed by atoms with Crippen LogP contribution >= 0.6 is 23.1 Å². The van der Waals surface area contributed by atoms with Gasteiger partial charge in [0.15, 0.2) is 5.17 Å². The Morgan fingerprint density at radius 1 is 0.762 bits per heavy atom. The maximum atomic E-state index is 12.6. The van der Waals surface area contributed by atoms with Crippen LogP contribution in [0, 0.1) is 10.8 Å². The predicted molar refractivity (Wildman–Crippen MR) is 164 cm³/mol. The van der Waals surface area contributed by atoms with Gasteiger partial charge in [-0.25, -0.2) is 0 Å². The van der Waals surface area contributed by atoms with E-state index in [4.69, 9.17) is 29.8 Å². The van der Waals surface area contributed by atoms with Gasteiger partial charge in [-0.3, -0.25) is 20.4 Å². The van der Waals surface area contributed by atoms with Crippen molar-refractivity contribution in [2.24, 2.45) is 0 Å². The zero-order valence-corrected chi connectivity index (χ0v) is 25.7. The minimum Gasteiger partial charge on any atom is -0.497 e. The van der Waals surface area contributed by atoms with E-state index in [2.05, 4.69) is 15.5 Å². The molecular weight excluding hydrogens is 578 g/mol. The van der Waals surface area contributed by atoms with E-state index in [0.29, 0.717) is 51.5 Å². The molecule has 0 aliphatic carbocycles. The Labute approximate surface area is 253 Å². The van der Waals surface area contributed by atoms with E-state index >= 15 is 0 Å². The van der Waals surface area contributed by atoms with E-state index in [1.165, 1.54) is 25.6 Å². The number of Topliss-reactive ketones (excluding diaryl/α,β-unsaturated/α-hetero) is 1. The summed E-state index contributed by atoms with van der Waals surface area (Å²) in [6.45, 7) is 0. The fourth-order valence-corrected chi connectivity index (χ4v) is 5.55. The second-order valence-corrected chi connectivity index (χ2v) is 11.5. The number of thioether (sulfide) groups is 1. The van der Waals surface area contributed by atoms with Gasteiger partial charge in [0.1, 0.15) is 38.8 Å². The average Bonchev–Trinajstić information content (AvgIpc) is 3.41. The molecule has 1 aromatic heterocycles. The quantitative estimate of drug-likeness (QED) is 0.126. The fourth-order valence-electron chi connectivity index (χ4n) is 3.97. The summed E-state index contributed by atoms with van der Waals surface area (Å²) in [5.41, 5.74) is 1.50. The van der Waals surface area contributed by atoms with Crippen LogP contribution in [0.5, 0.6) is 23.0 Å². The number of aromatic nitrogens is 2. The van der Waals surface area contributed by atoms with Crippen molar-refractivity contribution in [3.05, 3.63) is 57.5 Å². The van der Waals surface area contributed by atoms with Crippen LogP contribution < -0.4 is 24.3 Å². The summed E-state index contributed by atoms with van der Waals surface area (Å²) in [5.74, 6) is 2.09. The number of unbranched alkanes of at least 4 members (excludes halogenated alkanes) is 1. The van der Waals surface area contributed by atoms with Crippen LogP contribution in [0.4, 0.5) is 0 Å². The van der Waals surface area contributed by atoms with E-state index in [1.54, 1.807) is 38.5 Å². The Balaban J connectivity index is 1.35. The smallest absolute Gasteiger partial charge is 0.230 e. The number of hydrogen-bond acceptors (Lipinski definition) is 12. The van der Waals surface area contributed by atoms with Gasteiger partial charge in [0.2, 0.25) is 5.91 Å². The molecule has 3 aromatic rings. The van der Waals surface area contributed by atoms with Crippen molar-refractivity contribution >= 4 is 45.0 Å². The molecule has 0 fully saturated rings. The molecule has 0 spiro atoms. The van der Waals surface area contributed by atoms with Gasteiger partial charge in [-0.2, -0.15) is 0 Å². The molecule has 0 unspecified atom stereocenters. The van der Waals surface area contributed by atoms with Gasteiger partial charge in [-0.15, -0.1) is 21.5 Å². The Morgan fingerprint density at radius 3 is 1.83 bits per heavy atom. The molecule has 0 saturated carbocycles. The van der Waals surface area contributed by atoms with Gasteiger partial charge >= 0.3 is 0 Å². The number of amidine groups is 1. The zero-order valence-electron chi connectivity index (χ0n) is 24.1. The van der Waals surface area contributed by atoms with Crippen molar-refractivity contribution in [2.75, 3.05) is 28.4 Å². The summed E-state index contributed by atoms with van der Waals surface area (Å²) in [6.07, 6.45) is 3.17. The average molecular weight is 614 g/mol. The Hall–Kier alpha value is -3.97. The van der Waals surface area contributed by atoms with Crippen LogP contribution in [-0.2, 0) is 35.3 Å². The number of rotatable bonds is 15. The molecule has 0 atom stereocenters. The number of nitrogens with one attached hydrogen (secondary N) is 3. The highest BCUT2D eigenvalue weighted by Crippen LogP contribution is 2.24. The third-order valence-electron chi connectivity index (χ3n) is 5.97. The van der Waals surface area contributed by atoms with E-state index in [9.17, 15) is 9.59 Å². The molecule has 3 N–H and O–H groups in total. The molecule has 0 bridgehead atoms. The van der Waals surface area contributed by atoms with Gasteiger partial charge in [0, 0.05) is 25.0 Å². The Morgan fingerprint density at radius 2 is 1.29 bits per heavy atom. The van der Waals surface area contributed by atoms with Crippen molar-refractivity contribution in [3.8, 4) is 23.0 Å². The van der Waals surface area contributed by atoms with Gasteiger partial charge < -0.3 is 24.3 Å². The molecule has 3 rings (SSSR count). The number of benzene rings is 2. The molecule has 0 radical (unpaired) electrons. The number of amides is 1. The highest BCUT2D eigenvalue weighted by molar-refractivity contribution is 8.26. The van der Waals surface area contributed by atoms with Crippen LogP contribution in [0.1, 0.15) is 40.4 Å². The lowest BCUT2D eigenvalue weighted by molar-refractivity contribution is -0.119. The van der Waals surface area contributed by atoms with Gasteiger partial charge in [-0.1, -0.05) is 0 Å².